The lowest BCUT2D eigenvalue weighted by atomic mass is 10.2. The molecule has 1 amide bonds. The normalized spacial score (nSPS) is 15.0. The van der Waals surface area contributed by atoms with Gasteiger partial charge < -0.3 is 10.1 Å². The molecule has 1 N–H and O–H groups in total. The van der Waals surface area contributed by atoms with Crippen molar-refractivity contribution in [1.82, 2.24) is 4.31 Å². The monoisotopic (exact) mass is 394 g/mol. The number of rotatable bonds is 5. The lowest BCUT2D eigenvalue weighted by molar-refractivity contribution is 0.102. The summed E-state index contributed by atoms with van der Waals surface area (Å²) in [5.41, 5.74) is 0.632. The van der Waals surface area contributed by atoms with Crippen LogP contribution in [0, 0.1) is 0 Å². The van der Waals surface area contributed by atoms with Crippen LogP contribution in [0.2, 0.25) is 5.02 Å². The maximum atomic E-state index is 12.7. The number of hydrogen-bond acceptors (Lipinski definition) is 4. The van der Waals surface area contributed by atoms with E-state index in [2.05, 4.69) is 5.32 Å². The number of ether oxygens (including phenoxy) is 1. The molecule has 8 heteroatoms. The molecule has 1 saturated heterocycles. The van der Waals surface area contributed by atoms with Crippen molar-refractivity contribution in [3.63, 3.8) is 0 Å². The molecule has 1 aliphatic heterocycles. The van der Waals surface area contributed by atoms with Gasteiger partial charge in [-0.2, -0.15) is 4.31 Å². The molecular formula is C18H19ClN2O4S. The Kier molecular flexibility index (Phi) is 5.50. The fourth-order valence-electron chi connectivity index (χ4n) is 2.82. The highest BCUT2D eigenvalue weighted by Crippen LogP contribution is 2.26. The molecule has 0 radical (unpaired) electrons. The second-order valence-electron chi connectivity index (χ2n) is 5.94. The van der Waals surface area contributed by atoms with Gasteiger partial charge in [0.15, 0.2) is 0 Å². The number of halogens is 1. The number of sulfonamides is 1. The van der Waals surface area contributed by atoms with Gasteiger partial charge in [0.25, 0.3) is 5.91 Å². The van der Waals surface area contributed by atoms with E-state index in [1.807, 2.05) is 0 Å². The molecular weight excluding hydrogens is 376 g/mol. The van der Waals surface area contributed by atoms with E-state index in [4.69, 9.17) is 16.3 Å². The highest BCUT2D eigenvalue weighted by Gasteiger charge is 2.28. The van der Waals surface area contributed by atoms with E-state index >= 15 is 0 Å². The molecule has 26 heavy (non-hydrogen) atoms. The van der Waals surface area contributed by atoms with Gasteiger partial charge in [-0.15, -0.1) is 0 Å². The Hall–Kier alpha value is -2.09. The summed E-state index contributed by atoms with van der Waals surface area (Å²) in [5.74, 6) is 0.112. The number of benzene rings is 2. The van der Waals surface area contributed by atoms with Crippen LogP contribution in [0.3, 0.4) is 0 Å². The number of amides is 1. The van der Waals surface area contributed by atoms with Crippen LogP contribution in [0.5, 0.6) is 5.75 Å². The molecule has 0 aromatic heterocycles. The SMILES string of the molecule is COc1cccc(NC(=O)c2cc(S(=O)(=O)N3CCCC3)ccc2Cl)c1. The Morgan fingerprint density at radius 2 is 1.88 bits per heavy atom. The van der Waals surface area contributed by atoms with Crippen molar-refractivity contribution in [2.75, 3.05) is 25.5 Å². The Morgan fingerprint density at radius 1 is 1.15 bits per heavy atom. The number of anilines is 1. The van der Waals surface area contributed by atoms with Crippen molar-refractivity contribution in [1.29, 1.82) is 0 Å². The Morgan fingerprint density at radius 3 is 2.58 bits per heavy atom. The van der Waals surface area contributed by atoms with Crippen molar-refractivity contribution >= 4 is 33.2 Å². The minimum absolute atomic E-state index is 0.0691. The van der Waals surface area contributed by atoms with Crippen LogP contribution < -0.4 is 10.1 Å². The van der Waals surface area contributed by atoms with Crippen LogP contribution in [-0.4, -0.2) is 38.8 Å². The van der Waals surface area contributed by atoms with Crippen molar-refractivity contribution < 1.29 is 17.9 Å². The predicted molar refractivity (Wildman–Crippen MR) is 100 cm³/mol. The van der Waals surface area contributed by atoms with Crippen molar-refractivity contribution in [3.05, 3.63) is 53.1 Å². The first-order valence-electron chi connectivity index (χ1n) is 8.17. The van der Waals surface area contributed by atoms with Crippen LogP contribution in [0.15, 0.2) is 47.4 Å². The molecule has 2 aromatic rings. The summed E-state index contributed by atoms with van der Waals surface area (Å²) in [7, 11) is -2.09. The fraction of sp³-hybridized carbons (Fsp3) is 0.278. The maximum absolute atomic E-state index is 12.7. The maximum Gasteiger partial charge on any atom is 0.257 e. The van der Waals surface area contributed by atoms with Crippen molar-refractivity contribution in [3.8, 4) is 5.75 Å². The van der Waals surface area contributed by atoms with E-state index in [0.717, 1.165) is 12.8 Å². The summed E-state index contributed by atoms with van der Waals surface area (Å²) in [5, 5.41) is 2.90. The quantitative estimate of drug-likeness (QED) is 0.843. The Labute approximate surface area is 157 Å². The topological polar surface area (TPSA) is 75.7 Å². The molecule has 6 nitrogen and oxygen atoms in total. The second-order valence-corrected chi connectivity index (χ2v) is 8.28. The number of hydrogen-bond donors (Lipinski definition) is 1. The first-order chi connectivity index (χ1) is 12.4. The lowest BCUT2D eigenvalue weighted by Crippen LogP contribution is -2.28. The van der Waals surface area contributed by atoms with Crippen LogP contribution in [0.25, 0.3) is 0 Å². The third-order valence-electron chi connectivity index (χ3n) is 4.21. The number of carbonyl (C=O) groups excluding carboxylic acids is 1. The average molecular weight is 395 g/mol. The molecule has 0 saturated carbocycles. The zero-order chi connectivity index (χ0) is 18.7. The third-order valence-corrected chi connectivity index (χ3v) is 6.44. The Bertz CT molecular complexity index is 925. The first kappa shape index (κ1) is 18.7. The van der Waals surface area contributed by atoms with Crippen LogP contribution in [0.1, 0.15) is 23.2 Å². The summed E-state index contributed by atoms with van der Waals surface area (Å²) in [4.78, 5) is 12.7. The fourth-order valence-corrected chi connectivity index (χ4v) is 4.56. The van der Waals surface area contributed by atoms with Crippen molar-refractivity contribution in [2.45, 2.75) is 17.7 Å². The molecule has 1 fully saturated rings. The van der Waals surface area contributed by atoms with Crippen molar-refractivity contribution in [2.24, 2.45) is 0 Å². The highest BCUT2D eigenvalue weighted by atomic mass is 35.5. The molecule has 1 heterocycles. The molecule has 0 unspecified atom stereocenters. The van der Waals surface area contributed by atoms with Gasteiger partial charge in [-0.1, -0.05) is 17.7 Å². The number of nitrogens with one attached hydrogen (secondary N) is 1. The number of carbonyl (C=O) groups is 1. The summed E-state index contributed by atoms with van der Waals surface area (Å²) >= 11 is 6.13. The first-order valence-corrected chi connectivity index (χ1v) is 9.99. The number of methoxy groups -OCH3 is 1. The van der Waals surface area contributed by atoms with Gasteiger partial charge in [-0.05, 0) is 43.2 Å². The average Bonchev–Trinajstić information content (AvgIpc) is 3.17. The standard InChI is InChI=1S/C18H19ClN2O4S/c1-25-14-6-4-5-13(11-14)20-18(22)16-12-15(7-8-17(16)19)26(23,24)21-9-2-3-10-21/h4-8,11-12H,2-3,9-10H2,1H3,(H,20,22). The summed E-state index contributed by atoms with van der Waals surface area (Å²) in [6.45, 7) is 0.993. The van der Waals surface area contributed by atoms with Gasteiger partial charge in [-0.3, -0.25) is 4.79 Å². The van der Waals surface area contributed by atoms with Gasteiger partial charge in [0.1, 0.15) is 5.75 Å². The van der Waals surface area contributed by atoms with E-state index < -0.39 is 15.9 Å². The van der Waals surface area contributed by atoms with E-state index in [0.29, 0.717) is 24.5 Å². The van der Waals surface area contributed by atoms with E-state index in [1.54, 1.807) is 24.3 Å². The largest absolute Gasteiger partial charge is 0.497 e. The van der Waals surface area contributed by atoms with E-state index in [9.17, 15) is 13.2 Å². The molecule has 0 atom stereocenters. The van der Waals surface area contributed by atoms with Gasteiger partial charge in [0.2, 0.25) is 10.0 Å². The van der Waals surface area contributed by atoms with Crippen LogP contribution in [-0.2, 0) is 10.0 Å². The van der Waals surface area contributed by atoms with Crippen LogP contribution >= 0.6 is 11.6 Å². The minimum atomic E-state index is -3.62. The number of nitrogens with zero attached hydrogens (tertiary/aromatic N) is 1. The smallest absolute Gasteiger partial charge is 0.257 e. The van der Waals surface area contributed by atoms with E-state index in [1.165, 1.54) is 29.6 Å². The predicted octanol–water partition coefficient (Wildman–Crippen LogP) is 3.39. The van der Waals surface area contributed by atoms with Gasteiger partial charge in [0, 0.05) is 24.8 Å². The third kappa shape index (κ3) is 3.85. The highest BCUT2D eigenvalue weighted by molar-refractivity contribution is 7.89. The van der Waals surface area contributed by atoms with Gasteiger partial charge in [0.05, 0.1) is 22.6 Å². The minimum Gasteiger partial charge on any atom is -0.497 e. The zero-order valence-electron chi connectivity index (χ0n) is 14.2. The summed E-state index contributed by atoms with van der Waals surface area (Å²) in [6, 6.07) is 11.1. The molecule has 0 aliphatic carbocycles. The van der Waals surface area contributed by atoms with Gasteiger partial charge >= 0.3 is 0 Å². The molecule has 3 rings (SSSR count). The Balaban J connectivity index is 1.88. The summed E-state index contributed by atoms with van der Waals surface area (Å²) < 4.78 is 31.9. The molecule has 2 aromatic carbocycles. The van der Waals surface area contributed by atoms with E-state index in [-0.39, 0.29) is 15.5 Å². The summed E-state index contributed by atoms with van der Waals surface area (Å²) in [6.07, 6.45) is 1.69. The van der Waals surface area contributed by atoms with Gasteiger partial charge in [-0.25, -0.2) is 8.42 Å². The molecule has 1 aliphatic rings. The van der Waals surface area contributed by atoms with Crippen LogP contribution in [0.4, 0.5) is 5.69 Å². The lowest BCUT2D eigenvalue weighted by Gasteiger charge is -2.16. The molecule has 138 valence electrons. The molecule has 0 spiro atoms. The zero-order valence-corrected chi connectivity index (χ0v) is 15.8. The molecule has 0 bridgehead atoms. The second kappa shape index (κ2) is 7.65.